The Kier molecular flexibility index (Phi) is 5.93. The number of anilines is 1. The van der Waals surface area contributed by atoms with Gasteiger partial charge in [-0.25, -0.2) is 0 Å². The minimum atomic E-state index is -0.265. The van der Waals surface area contributed by atoms with Crippen LogP contribution in [0.5, 0.6) is 11.5 Å². The van der Waals surface area contributed by atoms with Crippen LogP contribution in [-0.4, -0.2) is 55.4 Å². The average Bonchev–Trinajstić information content (AvgIpc) is 3.51. The predicted octanol–water partition coefficient (Wildman–Crippen LogP) is 4.08. The summed E-state index contributed by atoms with van der Waals surface area (Å²) in [5, 5.41) is 11.4. The number of nitrogens with zero attached hydrogens (tertiary/aromatic N) is 2. The van der Waals surface area contributed by atoms with Crippen molar-refractivity contribution in [3.63, 3.8) is 0 Å². The quantitative estimate of drug-likeness (QED) is 0.593. The maximum atomic E-state index is 13.6. The van der Waals surface area contributed by atoms with Gasteiger partial charge < -0.3 is 24.6 Å². The fourth-order valence-electron chi connectivity index (χ4n) is 5.35. The van der Waals surface area contributed by atoms with Crippen molar-refractivity contribution < 1.29 is 19.1 Å². The Hall–Kier alpha value is -3.55. The monoisotopic (exact) mass is 490 g/mol. The zero-order valence-corrected chi connectivity index (χ0v) is 21.7. The molecule has 3 aliphatic rings. The van der Waals surface area contributed by atoms with E-state index in [0.717, 1.165) is 42.0 Å². The molecule has 0 aliphatic carbocycles. The molecule has 1 amide bonds. The summed E-state index contributed by atoms with van der Waals surface area (Å²) in [5.41, 5.74) is 4.43. The first kappa shape index (κ1) is 24.2. The molecule has 0 radical (unpaired) electrons. The maximum Gasteiger partial charge on any atom is 0.254 e. The summed E-state index contributed by atoms with van der Waals surface area (Å²) in [6.45, 7) is 10.1. The van der Waals surface area contributed by atoms with Crippen LogP contribution in [0.15, 0.2) is 24.3 Å². The van der Waals surface area contributed by atoms with Crippen LogP contribution in [0.1, 0.15) is 77.9 Å². The fraction of sp³-hybridized carbons (Fsp3) is 0.464. The molecule has 3 heterocycles. The van der Waals surface area contributed by atoms with Crippen molar-refractivity contribution in [3.8, 4) is 11.5 Å². The number of ketones is 1. The van der Waals surface area contributed by atoms with E-state index < -0.39 is 0 Å². The molecule has 2 aromatic carbocycles. The summed E-state index contributed by atoms with van der Waals surface area (Å²) in [6, 6.07) is 7.44. The second kappa shape index (κ2) is 8.84. The standard InChI is InChI=1S/C28H34N4O4/c1-6-35-23-12-17-14-31(26(29)18(17)13-19(23)27(34)30-5)15-22(33)16-10-20(28(2,3)4)25-21(11-16)32-9-7-8-24(32)36-25/h10-13,24,29H,6-9,14-15H2,1-5H3,(H,30,34). The third-order valence-electron chi connectivity index (χ3n) is 7.20. The van der Waals surface area contributed by atoms with Crippen LogP contribution in [0, 0.1) is 5.41 Å². The van der Waals surface area contributed by atoms with Gasteiger partial charge in [0, 0.05) is 43.2 Å². The lowest BCUT2D eigenvalue weighted by Gasteiger charge is -2.24. The first-order valence-corrected chi connectivity index (χ1v) is 12.6. The Morgan fingerprint density at radius 1 is 1.22 bits per heavy atom. The van der Waals surface area contributed by atoms with Gasteiger partial charge in [0.05, 0.1) is 24.4 Å². The Labute approximate surface area is 212 Å². The molecule has 8 nitrogen and oxygen atoms in total. The number of nitrogens with one attached hydrogen (secondary N) is 2. The molecular weight excluding hydrogens is 456 g/mol. The Bertz CT molecular complexity index is 1260. The summed E-state index contributed by atoms with van der Waals surface area (Å²) < 4.78 is 12.0. The average molecular weight is 491 g/mol. The van der Waals surface area contributed by atoms with Crippen molar-refractivity contribution in [2.45, 2.75) is 58.7 Å². The molecule has 8 heteroatoms. The Balaban J connectivity index is 1.43. The molecule has 1 unspecified atom stereocenters. The van der Waals surface area contributed by atoms with Gasteiger partial charge in [-0.15, -0.1) is 0 Å². The minimum absolute atomic E-state index is 0.0416. The van der Waals surface area contributed by atoms with Crippen LogP contribution in [0.3, 0.4) is 0 Å². The molecule has 2 aromatic rings. The summed E-state index contributed by atoms with van der Waals surface area (Å²) in [7, 11) is 1.57. The smallest absolute Gasteiger partial charge is 0.254 e. The van der Waals surface area contributed by atoms with Crippen LogP contribution < -0.4 is 19.7 Å². The van der Waals surface area contributed by atoms with E-state index in [-0.39, 0.29) is 35.7 Å². The molecule has 0 aromatic heterocycles. The maximum absolute atomic E-state index is 13.6. The first-order chi connectivity index (χ1) is 17.1. The van der Waals surface area contributed by atoms with Crippen LogP contribution in [0.2, 0.25) is 0 Å². The van der Waals surface area contributed by atoms with Crippen LogP contribution in [0.25, 0.3) is 0 Å². The number of amidine groups is 1. The lowest BCUT2D eigenvalue weighted by atomic mass is 9.84. The second-order valence-corrected chi connectivity index (χ2v) is 10.7. The number of ether oxygens (including phenoxy) is 2. The molecular formula is C28H34N4O4. The van der Waals surface area contributed by atoms with Gasteiger partial charge in [0.2, 0.25) is 0 Å². The molecule has 3 aliphatic heterocycles. The Morgan fingerprint density at radius 2 is 2.00 bits per heavy atom. The molecule has 0 saturated carbocycles. The first-order valence-electron chi connectivity index (χ1n) is 12.6. The van der Waals surface area contributed by atoms with Gasteiger partial charge in [-0.2, -0.15) is 0 Å². The van der Waals surface area contributed by atoms with Gasteiger partial charge in [-0.05, 0) is 48.6 Å². The molecule has 1 atom stereocenters. The summed E-state index contributed by atoms with van der Waals surface area (Å²) >= 11 is 0. The van der Waals surface area contributed by atoms with E-state index in [1.165, 1.54) is 0 Å². The third-order valence-corrected chi connectivity index (χ3v) is 7.20. The molecule has 190 valence electrons. The van der Waals surface area contributed by atoms with Gasteiger partial charge in [0.25, 0.3) is 5.91 Å². The van der Waals surface area contributed by atoms with E-state index >= 15 is 0 Å². The molecule has 2 N–H and O–H groups in total. The minimum Gasteiger partial charge on any atom is -0.493 e. The van der Waals surface area contributed by atoms with Gasteiger partial charge in [0.15, 0.2) is 12.0 Å². The number of carbonyl (C=O) groups is 2. The summed E-state index contributed by atoms with van der Waals surface area (Å²) in [5.74, 6) is 1.33. The zero-order valence-electron chi connectivity index (χ0n) is 21.7. The van der Waals surface area contributed by atoms with E-state index in [9.17, 15) is 9.59 Å². The second-order valence-electron chi connectivity index (χ2n) is 10.7. The number of carbonyl (C=O) groups excluding carboxylic acids is 2. The largest absolute Gasteiger partial charge is 0.493 e. The SMILES string of the molecule is CCOc1cc2c(cc1C(=O)NC)C(=N)N(CC(=O)c1cc3c(c(C(C)(C)C)c1)OC1CCCN31)C2. The lowest BCUT2D eigenvalue weighted by Crippen LogP contribution is -2.30. The number of Topliss-reactive ketones (excluding diaryl/α,β-unsaturated/α-hetero) is 1. The van der Waals surface area contributed by atoms with Crippen LogP contribution in [0.4, 0.5) is 5.69 Å². The van der Waals surface area contributed by atoms with E-state index in [2.05, 4.69) is 31.0 Å². The van der Waals surface area contributed by atoms with Gasteiger partial charge in [-0.1, -0.05) is 20.8 Å². The van der Waals surface area contributed by atoms with E-state index in [1.54, 1.807) is 18.0 Å². The van der Waals surface area contributed by atoms with Crippen molar-refractivity contribution in [3.05, 3.63) is 52.1 Å². The van der Waals surface area contributed by atoms with Crippen molar-refractivity contribution in [2.24, 2.45) is 0 Å². The highest BCUT2D eigenvalue weighted by molar-refractivity contribution is 6.08. The third kappa shape index (κ3) is 3.98. The molecule has 0 spiro atoms. The number of benzene rings is 2. The number of amides is 1. The summed E-state index contributed by atoms with van der Waals surface area (Å²) in [4.78, 5) is 30.0. The van der Waals surface area contributed by atoms with E-state index in [0.29, 0.717) is 35.6 Å². The normalized spacial score (nSPS) is 18.0. The van der Waals surface area contributed by atoms with Gasteiger partial charge >= 0.3 is 0 Å². The number of fused-ring (bicyclic) bond motifs is 4. The van der Waals surface area contributed by atoms with Crippen LogP contribution in [-0.2, 0) is 12.0 Å². The van der Waals surface area contributed by atoms with Gasteiger partial charge in [-0.3, -0.25) is 15.0 Å². The van der Waals surface area contributed by atoms with Crippen molar-refractivity contribution in [1.82, 2.24) is 10.2 Å². The van der Waals surface area contributed by atoms with Crippen molar-refractivity contribution in [1.29, 1.82) is 5.41 Å². The molecule has 36 heavy (non-hydrogen) atoms. The fourth-order valence-corrected chi connectivity index (χ4v) is 5.35. The van der Waals surface area contributed by atoms with Crippen LogP contribution >= 0.6 is 0 Å². The number of rotatable bonds is 6. The Morgan fingerprint density at radius 3 is 2.69 bits per heavy atom. The number of hydrogen-bond donors (Lipinski definition) is 2. The molecule has 1 saturated heterocycles. The predicted molar refractivity (Wildman–Crippen MR) is 139 cm³/mol. The highest BCUT2D eigenvalue weighted by Gasteiger charge is 2.39. The molecule has 5 rings (SSSR count). The number of hydrogen-bond acceptors (Lipinski definition) is 6. The highest BCUT2D eigenvalue weighted by Crippen LogP contribution is 2.48. The van der Waals surface area contributed by atoms with E-state index in [1.807, 2.05) is 25.1 Å². The zero-order chi connectivity index (χ0) is 25.8. The van der Waals surface area contributed by atoms with Gasteiger partial charge in [0.1, 0.15) is 17.3 Å². The lowest BCUT2D eigenvalue weighted by molar-refractivity contribution is 0.0953. The van der Waals surface area contributed by atoms with Crippen molar-refractivity contribution in [2.75, 3.05) is 31.6 Å². The summed E-state index contributed by atoms with van der Waals surface area (Å²) in [6.07, 6.45) is 2.13. The topological polar surface area (TPSA) is 95.0 Å². The molecule has 0 bridgehead atoms. The van der Waals surface area contributed by atoms with E-state index in [4.69, 9.17) is 14.9 Å². The highest BCUT2D eigenvalue weighted by atomic mass is 16.5. The van der Waals surface area contributed by atoms with Crippen molar-refractivity contribution >= 4 is 23.2 Å². The molecule has 1 fully saturated rings.